The number of hydrogen-bond acceptors (Lipinski definition) is 2. The van der Waals surface area contributed by atoms with Crippen molar-refractivity contribution in [2.45, 2.75) is 6.61 Å². The summed E-state index contributed by atoms with van der Waals surface area (Å²) in [4.78, 5) is 0. The summed E-state index contributed by atoms with van der Waals surface area (Å²) in [5.74, 6) is 0. The van der Waals surface area contributed by atoms with E-state index in [1.807, 2.05) is 30.3 Å². The van der Waals surface area contributed by atoms with Crippen molar-refractivity contribution in [1.82, 2.24) is 0 Å². The van der Waals surface area contributed by atoms with Gasteiger partial charge in [0.25, 0.3) is 0 Å². The molecule has 0 radical (unpaired) electrons. The molecule has 0 amide bonds. The molecule has 0 heterocycles. The monoisotopic (exact) mass is 154 g/mol. The van der Waals surface area contributed by atoms with E-state index < -0.39 is 0 Å². The lowest BCUT2D eigenvalue weighted by atomic mass is 10.2. The molecule has 11 heavy (non-hydrogen) atoms. The van der Waals surface area contributed by atoms with Gasteiger partial charge in [-0.2, -0.15) is 0 Å². The van der Waals surface area contributed by atoms with Crippen LogP contribution in [0.3, 0.4) is 0 Å². The summed E-state index contributed by atoms with van der Waals surface area (Å²) < 4.78 is 4.25. The van der Waals surface area contributed by atoms with Crippen molar-refractivity contribution in [2.24, 2.45) is 0 Å². The fourth-order valence-corrected chi connectivity index (χ4v) is 0.583. The van der Waals surface area contributed by atoms with E-state index in [1.165, 1.54) is 0 Å². The molecule has 0 bridgehead atoms. The molecule has 2 nitrogen and oxygen atoms in total. The predicted octanol–water partition coefficient (Wildman–Crippen LogP) is 1.44. The molecular formula is C9H14O2. The Morgan fingerprint density at radius 3 is 1.91 bits per heavy atom. The Kier molecular flexibility index (Phi) is 6.68. The van der Waals surface area contributed by atoms with E-state index in [1.54, 1.807) is 14.2 Å². The van der Waals surface area contributed by atoms with E-state index >= 15 is 0 Å². The van der Waals surface area contributed by atoms with Gasteiger partial charge in [0.15, 0.2) is 0 Å². The Balaban J connectivity index is 0.000000292. The standard InChI is InChI=1S/C7H8O.C2H6O/c8-6-7-4-2-1-3-5-7;1-3-2/h1-5,8H,6H2;1-2H3. The van der Waals surface area contributed by atoms with Gasteiger partial charge in [-0.25, -0.2) is 0 Å². The highest BCUT2D eigenvalue weighted by molar-refractivity contribution is 5.12. The molecule has 0 atom stereocenters. The number of aliphatic hydroxyl groups excluding tert-OH is 1. The van der Waals surface area contributed by atoms with E-state index in [0.717, 1.165) is 5.56 Å². The molecule has 0 aromatic heterocycles. The van der Waals surface area contributed by atoms with E-state index in [0.29, 0.717) is 0 Å². The summed E-state index contributed by atoms with van der Waals surface area (Å²) in [6.45, 7) is 0.140. The Morgan fingerprint density at radius 2 is 1.64 bits per heavy atom. The largest absolute Gasteiger partial charge is 0.392 e. The minimum absolute atomic E-state index is 0.140. The SMILES string of the molecule is COC.OCc1ccccc1. The van der Waals surface area contributed by atoms with E-state index in [9.17, 15) is 0 Å². The number of rotatable bonds is 1. The second kappa shape index (κ2) is 7.25. The fraction of sp³-hybridized carbons (Fsp3) is 0.333. The van der Waals surface area contributed by atoms with Crippen LogP contribution in [0.4, 0.5) is 0 Å². The number of ether oxygens (including phenoxy) is 1. The zero-order chi connectivity index (χ0) is 8.53. The van der Waals surface area contributed by atoms with Crippen molar-refractivity contribution in [3.63, 3.8) is 0 Å². The van der Waals surface area contributed by atoms with Crippen LogP contribution in [-0.4, -0.2) is 19.3 Å². The molecule has 1 aromatic rings. The molecule has 2 heteroatoms. The van der Waals surface area contributed by atoms with Gasteiger partial charge in [-0.3, -0.25) is 0 Å². The summed E-state index contributed by atoms with van der Waals surface area (Å²) in [7, 11) is 3.25. The second-order valence-corrected chi connectivity index (χ2v) is 2.05. The average molecular weight is 154 g/mol. The van der Waals surface area contributed by atoms with Crippen LogP contribution in [0.1, 0.15) is 5.56 Å². The maximum absolute atomic E-state index is 8.54. The Labute approximate surface area is 67.4 Å². The minimum atomic E-state index is 0.140. The van der Waals surface area contributed by atoms with E-state index in [2.05, 4.69) is 4.74 Å². The summed E-state index contributed by atoms with van der Waals surface area (Å²) in [5, 5.41) is 8.54. The third-order valence-corrected chi connectivity index (χ3v) is 1.03. The van der Waals surface area contributed by atoms with Crippen molar-refractivity contribution >= 4 is 0 Å². The summed E-state index contributed by atoms with van der Waals surface area (Å²) in [6, 6.07) is 9.52. The van der Waals surface area contributed by atoms with Crippen molar-refractivity contribution in [3.8, 4) is 0 Å². The minimum Gasteiger partial charge on any atom is -0.392 e. The van der Waals surface area contributed by atoms with Gasteiger partial charge in [-0.1, -0.05) is 30.3 Å². The Morgan fingerprint density at radius 1 is 1.18 bits per heavy atom. The molecule has 0 aliphatic carbocycles. The molecule has 0 unspecified atom stereocenters. The summed E-state index contributed by atoms with van der Waals surface area (Å²) >= 11 is 0. The van der Waals surface area contributed by atoms with Crippen LogP contribution < -0.4 is 0 Å². The normalized spacial score (nSPS) is 8.27. The maximum atomic E-state index is 8.54. The highest BCUT2D eigenvalue weighted by Gasteiger charge is 1.81. The average Bonchev–Trinajstić information content (AvgIpc) is 2.08. The molecule has 62 valence electrons. The quantitative estimate of drug-likeness (QED) is 0.663. The Bertz CT molecular complexity index is 160. The van der Waals surface area contributed by atoms with Crippen LogP contribution in [0.25, 0.3) is 0 Å². The zero-order valence-electron chi connectivity index (χ0n) is 6.95. The van der Waals surface area contributed by atoms with Crippen LogP contribution in [0, 0.1) is 0 Å². The van der Waals surface area contributed by atoms with Crippen LogP contribution in [-0.2, 0) is 11.3 Å². The Hall–Kier alpha value is -0.860. The van der Waals surface area contributed by atoms with Gasteiger partial charge in [-0.05, 0) is 5.56 Å². The van der Waals surface area contributed by atoms with Gasteiger partial charge in [0, 0.05) is 14.2 Å². The fourth-order valence-electron chi connectivity index (χ4n) is 0.583. The topological polar surface area (TPSA) is 29.5 Å². The molecular weight excluding hydrogens is 140 g/mol. The molecule has 1 rings (SSSR count). The molecule has 0 spiro atoms. The van der Waals surface area contributed by atoms with Crippen LogP contribution in [0.5, 0.6) is 0 Å². The molecule has 0 saturated heterocycles. The van der Waals surface area contributed by atoms with Crippen LogP contribution >= 0.6 is 0 Å². The van der Waals surface area contributed by atoms with Gasteiger partial charge in [0.2, 0.25) is 0 Å². The molecule has 0 aliphatic rings. The molecule has 0 fully saturated rings. The van der Waals surface area contributed by atoms with Crippen LogP contribution in [0.15, 0.2) is 30.3 Å². The van der Waals surface area contributed by atoms with Crippen molar-refractivity contribution in [3.05, 3.63) is 35.9 Å². The second-order valence-electron chi connectivity index (χ2n) is 2.05. The number of benzene rings is 1. The summed E-state index contributed by atoms with van der Waals surface area (Å²) in [6.07, 6.45) is 0. The number of aliphatic hydroxyl groups is 1. The maximum Gasteiger partial charge on any atom is 0.0681 e. The molecule has 1 N–H and O–H groups in total. The molecule has 1 aromatic carbocycles. The van der Waals surface area contributed by atoms with E-state index in [4.69, 9.17) is 5.11 Å². The van der Waals surface area contributed by atoms with Crippen molar-refractivity contribution < 1.29 is 9.84 Å². The van der Waals surface area contributed by atoms with E-state index in [-0.39, 0.29) is 6.61 Å². The number of hydrogen-bond donors (Lipinski definition) is 1. The third kappa shape index (κ3) is 5.58. The first-order chi connectivity index (χ1) is 5.35. The van der Waals surface area contributed by atoms with Crippen molar-refractivity contribution in [2.75, 3.05) is 14.2 Å². The highest BCUT2D eigenvalue weighted by atomic mass is 16.4. The van der Waals surface area contributed by atoms with Gasteiger partial charge in [-0.15, -0.1) is 0 Å². The van der Waals surface area contributed by atoms with Gasteiger partial charge >= 0.3 is 0 Å². The first-order valence-electron chi connectivity index (χ1n) is 3.40. The lowest BCUT2D eigenvalue weighted by molar-refractivity contribution is 0.277. The molecule has 0 aliphatic heterocycles. The van der Waals surface area contributed by atoms with Gasteiger partial charge in [0.1, 0.15) is 0 Å². The molecule has 0 saturated carbocycles. The van der Waals surface area contributed by atoms with Gasteiger partial charge in [0.05, 0.1) is 6.61 Å². The third-order valence-electron chi connectivity index (χ3n) is 1.03. The first kappa shape index (κ1) is 10.1. The smallest absolute Gasteiger partial charge is 0.0681 e. The predicted molar refractivity (Wildman–Crippen MR) is 45.3 cm³/mol. The highest BCUT2D eigenvalue weighted by Crippen LogP contribution is 1.95. The zero-order valence-corrected chi connectivity index (χ0v) is 6.95. The van der Waals surface area contributed by atoms with Crippen LogP contribution in [0.2, 0.25) is 0 Å². The lowest BCUT2D eigenvalue weighted by Crippen LogP contribution is -1.77. The van der Waals surface area contributed by atoms with Gasteiger partial charge < -0.3 is 9.84 Å². The summed E-state index contributed by atoms with van der Waals surface area (Å²) in [5.41, 5.74) is 0.965. The number of methoxy groups -OCH3 is 1. The van der Waals surface area contributed by atoms with Crippen molar-refractivity contribution in [1.29, 1.82) is 0 Å². The first-order valence-corrected chi connectivity index (χ1v) is 3.40. The lowest BCUT2D eigenvalue weighted by Gasteiger charge is -1.89.